The number of carbonyl (C=O) groups is 4. The lowest BCUT2D eigenvalue weighted by atomic mass is 9.97. The van der Waals surface area contributed by atoms with Crippen LogP contribution < -0.4 is 16.0 Å². The van der Waals surface area contributed by atoms with E-state index in [0.717, 1.165) is 0 Å². The predicted molar refractivity (Wildman–Crippen MR) is 122 cm³/mol. The quantitative estimate of drug-likeness (QED) is 0.123. The average Bonchev–Trinajstić information content (AvgIpc) is 2.80. The van der Waals surface area contributed by atoms with Gasteiger partial charge in [0.25, 0.3) is 0 Å². The number of carbonyl (C=O) groups excluding carboxylic acids is 4. The summed E-state index contributed by atoms with van der Waals surface area (Å²) in [5.41, 5.74) is 0. The van der Waals surface area contributed by atoms with Crippen molar-refractivity contribution >= 4 is 23.5 Å². The molecule has 0 spiro atoms. The van der Waals surface area contributed by atoms with Crippen LogP contribution in [0, 0.1) is 5.92 Å². The Labute approximate surface area is 204 Å². The van der Waals surface area contributed by atoms with Crippen LogP contribution in [0.5, 0.6) is 0 Å². The molecule has 5 atom stereocenters. The van der Waals surface area contributed by atoms with Crippen LogP contribution in [-0.2, 0) is 33.4 Å². The molecule has 0 bridgehead atoms. The first-order valence-corrected chi connectivity index (χ1v) is 11.7. The molecule has 0 aromatic heterocycles. The summed E-state index contributed by atoms with van der Waals surface area (Å²) in [4.78, 5) is 46.4. The second kappa shape index (κ2) is 16.5. The van der Waals surface area contributed by atoms with Crippen LogP contribution >= 0.6 is 0 Å². The van der Waals surface area contributed by atoms with Crippen LogP contribution in [-0.4, -0.2) is 109 Å². The zero-order valence-corrected chi connectivity index (χ0v) is 20.5. The summed E-state index contributed by atoms with van der Waals surface area (Å²) in [5.74, 6) is -1.09. The lowest BCUT2D eigenvalue weighted by Gasteiger charge is -2.42. The van der Waals surface area contributed by atoms with E-state index in [0.29, 0.717) is 12.8 Å². The van der Waals surface area contributed by atoms with Gasteiger partial charge in [-0.25, -0.2) is 0 Å². The van der Waals surface area contributed by atoms with Crippen molar-refractivity contribution in [2.75, 3.05) is 39.5 Å². The Kier molecular flexibility index (Phi) is 14.6. The summed E-state index contributed by atoms with van der Waals surface area (Å²) < 4.78 is 16.3. The maximum atomic E-state index is 11.8. The van der Waals surface area contributed by atoms with Crippen molar-refractivity contribution in [3.05, 3.63) is 0 Å². The van der Waals surface area contributed by atoms with E-state index in [1.54, 1.807) is 0 Å². The number of amides is 3. The van der Waals surface area contributed by atoms with Crippen molar-refractivity contribution in [1.82, 2.24) is 16.0 Å². The van der Waals surface area contributed by atoms with Crippen molar-refractivity contribution in [2.24, 2.45) is 5.92 Å². The highest BCUT2D eigenvalue weighted by molar-refractivity contribution is 5.85. The number of aliphatic hydroxyl groups excluding tert-OH is 3. The van der Waals surface area contributed by atoms with Gasteiger partial charge in [-0.1, -0.05) is 13.8 Å². The van der Waals surface area contributed by atoms with Gasteiger partial charge in [0.05, 0.1) is 33.0 Å². The zero-order valence-electron chi connectivity index (χ0n) is 20.5. The largest absolute Gasteiger partial charge is 0.394 e. The van der Waals surface area contributed by atoms with Crippen molar-refractivity contribution in [3.8, 4) is 0 Å². The molecule has 35 heavy (non-hydrogen) atoms. The van der Waals surface area contributed by atoms with E-state index in [9.17, 15) is 34.5 Å². The highest BCUT2D eigenvalue weighted by atomic mass is 16.7. The van der Waals surface area contributed by atoms with Crippen LogP contribution in [0.3, 0.4) is 0 Å². The van der Waals surface area contributed by atoms with Crippen LogP contribution in [0.25, 0.3) is 0 Å². The van der Waals surface area contributed by atoms with Crippen molar-refractivity contribution in [1.29, 1.82) is 0 Å². The topological polar surface area (TPSA) is 193 Å². The maximum absolute atomic E-state index is 11.8. The Bertz CT molecular complexity index is 690. The molecule has 1 fully saturated rings. The molecule has 1 aliphatic rings. The molecule has 202 valence electrons. The minimum Gasteiger partial charge on any atom is -0.394 e. The van der Waals surface area contributed by atoms with Crippen molar-refractivity contribution in [2.45, 2.75) is 70.7 Å². The Balaban J connectivity index is 2.18. The van der Waals surface area contributed by atoms with Crippen LogP contribution in [0.15, 0.2) is 0 Å². The van der Waals surface area contributed by atoms with Crippen molar-refractivity contribution in [3.63, 3.8) is 0 Å². The standard InChI is InChI=1S/C22H39N3O10/c1-13(2)15(28)5-4-6-17(29)24-11-18(30)23-7-8-33-9-10-34-22-19(25-14(3)27)21(32)20(31)16(12-26)35-22/h13,16,19-22,26,31-32H,4-12H2,1-3H3,(H,23,30)(H,24,29)(H,25,27). The zero-order chi connectivity index (χ0) is 26.4. The van der Waals surface area contributed by atoms with E-state index in [4.69, 9.17) is 14.2 Å². The molecular formula is C22H39N3O10. The van der Waals surface area contributed by atoms with Gasteiger partial charge < -0.3 is 45.5 Å². The van der Waals surface area contributed by atoms with Gasteiger partial charge in [0, 0.05) is 32.2 Å². The number of rotatable bonds is 16. The third kappa shape index (κ3) is 11.9. The van der Waals surface area contributed by atoms with E-state index in [2.05, 4.69) is 16.0 Å². The van der Waals surface area contributed by atoms with Gasteiger partial charge in [-0.15, -0.1) is 0 Å². The third-order valence-corrected chi connectivity index (χ3v) is 5.25. The van der Waals surface area contributed by atoms with Crippen LogP contribution in [0.2, 0.25) is 0 Å². The summed E-state index contributed by atoms with van der Waals surface area (Å²) >= 11 is 0. The summed E-state index contributed by atoms with van der Waals surface area (Å²) in [6.45, 7) is 4.63. The second-order valence-electron chi connectivity index (χ2n) is 8.52. The first kappa shape index (κ1) is 30.9. The SMILES string of the molecule is CC(=O)NC1C(OCCOCCNC(=O)CNC(=O)CCCC(=O)C(C)C)OC(CO)C(O)C1O. The molecule has 1 saturated heterocycles. The molecule has 0 radical (unpaired) electrons. The molecular weight excluding hydrogens is 466 g/mol. The Morgan fingerprint density at radius 3 is 2.31 bits per heavy atom. The highest BCUT2D eigenvalue weighted by Crippen LogP contribution is 2.22. The molecule has 6 N–H and O–H groups in total. The Hall–Kier alpha value is -2.16. The number of ketones is 1. The predicted octanol–water partition coefficient (Wildman–Crippen LogP) is -2.41. The molecule has 3 amide bonds. The molecule has 1 rings (SSSR count). The lowest BCUT2D eigenvalue weighted by molar-refractivity contribution is -0.272. The molecule has 0 aliphatic carbocycles. The minimum absolute atomic E-state index is 0.0189. The van der Waals surface area contributed by atoms with E-state index in [1.807, 2.05) is 13.8 Å². The van der Waals surface area contributed by atoms with Crippen LogP contribution in [0.1, 0.15) is 40.0 Å². The molecule has 0 aromatic carbocycles. The van der Waals surface area contributed by atoms with Gasteiger partial charge in [-0.3, -0.25) is 19.2 Å². The molecule has 13 heteroatoms. The molecule has 0 saturated carbocycles. The van der Waals surface area contributed by atoms with E-state index < -0.39 is 43.2 Å². The molecule has 1 heterocycles. The number of aliphatic hydroxyl groups is 3. The van der Waals surface area contributed by atoms with E-state index >= 15 is 0 Å². The normalized spacial score (nSPS) is 24.1. The Morgan fingerprint density at radius 2 is 1.69 bits per heavy atom. The maximum Gasteiger partial charge on any atom is 0.239 e. The fraction of sp³-hybridized carbons (Fsp3) is 0.818. The minimum atomic E-state index is -1.39. The molecule has 1 aliphatic heterocycles. The van der Waals surface area contributed by atoms with Gasteiger partial charge in [0.15, 0.2) is 6.29 Å². The third-order valence-electron chi connectivity index (χ3n) is 5.25. The number of hydrogen-bond acceptors (Lipinski definition) is 10. The summed E-state index contributed by atoms with van der Waals surface area (Å²) in [6.07, 6.45) is -4.01. The molecule has 5 unspecified atom stereocenters. The van der Waals surface area contributed by atoms with E-state index in [-0.39, 0.29) is 62.8 Å². The number of Topliss-reactive ketones (excluding diaryl/α,β-unsaturated/α-hetero) is 1. The fourth-order valence-corrected chi connectivity index (χ4v) is 3.24. The summed E-state index contributed by atoms with van der Waals surface area (Å²) in [6, 6.07) is -1.03. The summed E-state index contributed by atoms with van der Waals surface area (Å²) in [5, 5.41) is 37.0. The van der Waals surface area contributed by atoms with E-state index in [1.165, 1.54) is 6.92 Å². The first-order chi connectivity index (χ1) is 16.6. The second-order valence-corrected chi connectivity index (χ2v) is 8.52. The lowest BCUT2D eigenvalue weighted by Crippen LogP contribution is -2.64. The number of hydrogen-bond donors (Lipinski definition) is 6. The average molecular weight is 506 g/mol. The van der Waals surface area contributed by atoms with Gasteiger partial charge in [-0.05, 0) is 6.42 Å². The van der Waals surface area contributed by atoms with Gasteiger partial charge in [0.2, 0.25) is 17.7 Å². The van der Waals surface area contributed by atoms with Gasteiger partial charge >= 0.3 is 0 Å². The monoisotopic (exact) mass is 505 g/mol. The highest BCUT2D eigenvalue weighted by Gasteiger charge is 2.45. The molecule has 13 nitrogen and oxygen atoms in total. The van der Waals surface area contributed by atoms with Gasteiger partial charge in [-0.2, -0.15) is 0 Å². The number of ether oxygens (including phenoxy) is 3. The first-order valence-electron chi connectivity index (χ1n) is 11.7. The number of nitrogens with one attached hydrogen (secondary N) is 3. The van der Waals surface area contributed by atoms with Crippen LogP contribution in [0.4, 0.5) is 0 Å². The Morgan fingerprint density at radius 1 is 0.971 bits per heavy atom. The fourth-order valence-electron chi connectivity index (χ4n) is 3.24. The van der Waals surface area contributed by atoms with Crippen molar-refractivity contribution < 1.29 is 48.7 Å². The smallest absolute Gasteiger partial charge is 0.239 e. The molecule has 0 aromatic rings. The van der Waals surface area contributed by atoms with Gasteiger partial charge in [0.1, 0.15) is 30.1 Å². The summed E-state index contributed by atoms with van der Waals surface area (Å²) in [7, 11) is 0.